The SMILES string of the molecule is CCCCC(CC)C[NH+](CC)CC(CC)CCCC.[Cl-]. The van der Waals surface area contributed by atoms with Crippen molar-refractivity contribution in [3.8, 4) is 0 Å². The highest BCUT2D eigenvalue weighted by Crippen LogP contribution is 2.12. The Morgan fingerprint density at radius 2 is 1.10 bits per heavy atom. The molecule has 0 bridgehead atoms. The minimum atomic E-state index is 0. The van der Waals surface area contributed by atoms with E-state index in [9.17, 15) is 0 Å². The fourth-order valence-corrected chi connectivity index (χ4v) is 3.08. The van der Waals surface area contributed by atoms with Crippen LogP contribution in [0.5, 0.6) is 0 Å². The Balaban J connectivity index is 0. The number of rotatable bonds is 13. The van der Waals surface area contributed by atoms with Crippen molar-refractivity contribution in [3.05, 3.63) is 0 Å². The van der Waals surface area contributed by atoms with E-state index in [1.54, 1.807) is 0 Å². The maximum absolute atomic E-state index is 2.38. The quantitative estimate of drug-likeness (QED) is 0.524. The second-order valence-electron chi connectivity index (χ2n) is 6.34. The Hall–Kier alpha value is 0.250. The largest absolute Gasteiger partial charge is 1.00 e. The van der Waals surface area contributed by atoms with Gasteiger partial charge in [0, 0.05) is 11.8 Å². The van der Waals surface area contributed by atoms with Gasteiger partial charge in [-0.05, 0) is 32.6 Å². The Morgan fingerprint density at radius 3 is 1.35 bits per heavy atom. The van der Waals surface area contributed by atoms with Gasteiger partial charge in [-0.15, -0.1) is 0 Å². The number of unbranched alkanes of at least 4 members (excludes halogenated alkanes) is 2. The Kier molecular flexibility index (Phi) is 17.6. The smallest absolute Gasteiger partial charge is 0.0799 e. The molecule has 0 amide bonds. The van der Waals surface area contributed by atoms with Crippen LogP contribution in [-0.2, 0) is 0 Å². The molecule has 20 heavy (non-hydrogen) atoms. The fourth-order valence-electron chi connectivity index (χ4n) is 3.08. The zero-order valence-electron chi connectivity index (χ0n) is 14.8. The second kappa shape index (κ2) is 15.6. The molecule has 0 radical (unpaired) electrons. The number of halogens is 1. The summed E-state index contributed by atoms with van der Waals surface area (Å²) in [7, 11) is 0. The van der Waals surface area contributed by atoms with Crippen LogP contribution >= 0.6 is 0 Å². The van der Waals surface area contributed by atoms with Gasteiger partial charge in [0.2, 0.25) is 0 Å². The molecule has 0 fully saturated rings. The van der Waals surface area contributed by atoms with E-state index < -0.39 is 0 Å². The van der Waals surface area contributed by atoms with E-state index in [-0.39, 0.29) is 12.4 Å². The summed E-state index contributed by atoms with van der Waals surface area (Å²) in [5, 5.41) is 0. The monoisotopic (exact) mass is 305 g/mol. The lowest BCUT2D eigenvalue weighted by molar-refractivity contribution is -0.905. The van der Waals surface area contributed by atoms with Crippen LogP contribution in [0.3, 0.4) is 0 Å². The van der Waals surface area contributed by atoms with Gasteiger partial charge in [0.05, 0.1) is 19.6 Å². The van der Waals surface area contributed by atoms with Crippen molar-refractivity contribution in [2.45, 2.75) is 86.0 Å². The average molecular weight is 306 g/mol. The molecular weight excluding hydrogens is 266 g/mol. The van der Waals surface area contributed by atoms with Gasteiger partial charge < -0.3 is 17.3 Å². The normalized spacial score (nSPS) is 15.4. The molecule has 0 saturated heterocycles. The van der Waals surface area contributed by atoms with Crippen LogP contribution < -0.4 is 17.3 Å². The van der Waals surface area contributed by atoms with Gasteiger partial charge in [0.15, 0.2) is 0 Å². The molecule has 0 aromatic heterocycles. The van der Waals surface area contributed by atoms with Crippen LogP contribution in [0.15, 0.2) is 0 Å². The second-order valence-corrected chi connectivity index (χ2v) is 6.34. The van der Waals surface area contributed by atoms with Gasteiger partial charge in [-0.1, -0.05) is 53.4 Å². The van der Waals surface area contributed by atoms with Crippen molar-refractivity contribution in [2.24, 2.45) is 11.8 Å². The third-order valence-electron chi connectivity index (χ3n) is 4.74. The molecule has 0 saturated carbocycles. The molecule has 0 aromatic rings. The minimum absolute atomic E-state index is 0. The van der Waals surface area contributed by atoms with Gasteiger partial charge in [-0.3, -0.25) is 0 Å². The van der Waals surface area contributed by atoms with E-state index in [4.69, 9.17) is 0 Å². The topological polar surface area (TPSA) is 4.44 Å². The lowest BCUT2D eigenvalue weighted by Crippen LogP contribution is -3.13. The highest BCUT2D eigenvalue weighted by molar-refractivity contribution is 4.58. The first-order valence-corrected chi connectivity index (χ1v) is 9.05. The third kappa shape index (κ3) is 11.0. The van der Waals surface area contributed by atoms with Gasteiger partial charge in [-0.2, -0.15) is 0 Å². The number of nitrogens with one attached hydrogen (secondary N) is 1. The summed E-state index contributed by atoms with van der Waals surface area (Å²) in [5.41, 5.74) is 0. The highest BCUT2D eigenvalue weighted by atomic mass is 35.5. The summed E-state index contributed by atoms with van der Waals surface area (Å²) < 4.78 is 0. The summed E-state index contributed by atoms with van der Waals surface area (Å²) in [6, 6.07) is 0. The van der Waals surface area contributed by atoms with Crippen LogP contribution in [-0.4, -0.2) is 19.6 Å². The van der Waals surface area contributed by atoms with Crippen molar-refractivity contribution in [2.75, 3.05) is 19.6 Å². The predicted molar refractivity (Wildman–Crippen MR) is 87.8 cm³/mol. The van der Waals surface area contributed by atoms with Crippen molar-refractivity contribution in [1.29, 1.82) is 0 Å². The van der Waals surface area contributed by atoms with Crippen LogP contribution in [0.4, 0.5) is 0 Å². The Labute approximate surface area is 135 Å². The van der Waals surface area contributed by atoms with Gasteiger partial charge >= 0.3 is 0 Å². The number of quaternary nitrogens is 1. The van der Waals surface area contributed by atoms with Crippen molar-refractivity contribution >= 4 is 0 Å². The molecule has 2 unspecified atom stereocenters. The minimum Gasteiger partial charge on any atom is -1.00 e. The Morgan fingerprint density at radius 1 is 0.700 bits per heavy atom. The van der Waals surface area contributed by atoms with E-state index in [1.165, 1.54) is 71.0 Å². The first kappa shape index (κ1) is 22.5. The highest BCUT2D eigenvalue weighted by Gasteiger charge is 2.18. The van der Waals surface area contributed by atoms with Crippen LogP contribution in [0.1, 0.15) is 86.0 Å². The van der Waals surface area contributed by atoms with Crippen molar-refractivity contribution in [1.82, 2.24) is 0 Å². The standard InChI is InChI=1S/C18H39N.ClH/c1-6-11-13-17(8-3)15-19(10-5)16-18(9-4)14-12-7-2;/h17-18H,6-16H2,1-5H3;1H. The van der Waals surface area contributed by atoms with Gasteiger partial charge in [0.25, 0.3) is 0 Å². The predicted octanol–water partition coefficient (Wildman–Crippen LogP) is 1.33. The Bertz CT molecular complexity index is 166. The molecule has 1 N–H and O–H groups in total. The maximum Gasteiger partial charge on any atom is 0.0799 e. The molecular formula is C18H40ClN. The van der Waals surface area contributed by atoms with E-state index in [2.05, 4.69) is 34.6 Å². The number of hydrogen-bond acceptors (Lipinski definition) is 0. The molecule has 0 aliphatic carbocycles. The fraction of sp³-hybridized carbons (Fsp3) is 1.00. The van der Waals surface area contributed by atoms with Crippen molar-refractivity contribution in [3.63, 3.8) is 0 Å². The molecule has 2 atom stereocenters. The summed E-state index contributed by atoms with van der Waals surface area (Å²) in [5.74, 6) is 1.91. The molecule has 0 aromatic carbocycles. The summed E-state index contributed by atoms with van der Waals surface area (Å²) in [4.78, 5) is 1.85. The van der Waals surface area contributed by atoms with Crippen LogP contribution in [0.2, 0.25) is 0 Å². The maximum atomic E-state index is 2.38. The summed E-state index contributed by atoms with van der Waals surface area (Å²) in [6.07, 6.45) is 11.2. The van der Waals surface area contributed by atoms with E-state index in [1.807, 2.05) is 4.90 Å². The molecule has 0 aliphatic rings. The number of hydrogen-bond donors (Lipinski definition) is 1. The van der Waals surface area contributed by atoms with Crippen molar-refractivity contribution < 1.29 is 17.3 Å². The summed E-state index contributed by atoms with van der Waals surface area (Å²) >= 11 is 0. The van der Waals surface area contributed by atoms with E-state index in [0.29, 0.717) is 0 Å². The summed E-state index contributed by atoms with van der Waals surface area (Å²) in [6.45, 7) is 15.9. The molecule has 0 heterocycles. The van der Waals surface area contributed by atoms with Gasteiger partial charge in [0.1, 0.15) is 0 Å². The molecule has 0 rings (SSSR count). The van der Waals surface area contributed by atoms with Crippen LogP contribution in [0.25, 0.3) is 0 Å². The van der Waals surface area contributed by atoms with E-state index in [0.717, 1.165) is 11.8 Å². The molecule has 124 valence electrons. The zero-order valence-corrected chi connectivity index (χ0v) is 15.6. The third-order valence-corrected chi connectivity index (χ3v) is 4.74. The molecule has 0 spiro atoms. The molecule has 2 heteroatoms. The zero-order chi connectivity index (χ0) is 14.5. The molecule has 1 nitrogen and oxygen atoms in total. The average Bonchev–Trinajstić information content (AvgIpc) is 2.45. The first-order chi connectivity index (χ1) is 9.21. The molecule has 0 aliphatic heterocycles. The lowest BCUT2D eigenvalue weighted by Gasteiger charge is -2.26. The van der Waals surface area contributed by atoms with Crippen LogP contribution in [0, 0.1) is 11.8 Å². The first-order valence-electron chi connectivity index (χ1n) is 9.05. The lowest BCUT2D eigenvalue weighted by atomic mass is 9.96. The van der Waals surface area contributed by atoms with E-state index >= 15 is 0 Å². The van der Waals surface area contributed by atoms with Gasteiger partial charge in [-0.25, -0.2) is 0 Å².